The Labute approximate surface area is 246 Å². The molecule has 2 fully saturated rings. The van der Waals surface area contributed by atoms with Gasteiger partial charge < -0.3 is 29.3 Å². The van der Waals surface area contributed by atoms with Gasteiger partial charge in [0.1, 0.15) is 0 Å². The molecule has 2 aromatic rings. The molecule has 2 atom stereocenters. The molecule has 0 radical (unpaired) electrons. The van der Waals surface area contributed by atoms with E-state index in [1.165, 1.54) is 33.5 Å². The van der Waals surface area contributed by atoms with Gasteiger partial charge in [-0.15, -0.1) is 0 Å². The summed E-state index contributed by atoms with van der Waals surface area (Å²) in [5.41, 5.74) is 0.566. The summed E-state index contributed by atoms with van der Waals surface area (Å²) < 4.78 is 55.9. The topological polar surface area (TPSA) is 66.5 Å². The molecule has 0 saturated carbocycles. The fourth-order valence-corrected chi connectivity index (χ4v) is 6.17. The van der Waals surface area contributed by atoms with Crippen LogP contribution in [-0.2, 0) is 11.0 Å². The Bertz CT molecular complexity index is 1180. The number of hydrogen-bond acceptors (Lipinski definition) is 7. The summed E-state index contributed by atoms with van der Waals surface area (Å²) in [5, 5.41) is 2.98. The van der Waals surface area contributed by atoms with Gasteiger partial charge in [-0.25, -0.2) is 0 Å². The molecular weight excluding hydrogens is 549 g/mol. The smallest absolute Gasteiger partial charge is 0.416 e. The Balaban J connectivity index is 1.39. The molecule has 2 saturated heterocycles. The minimum atomic E-state index is -4.35. The van der Waals surface area contributed by atoms with Crippen molar-refractivity contribution in [3.8, 4) is 17.2 Å². The number of benzene rings is 2. The van der Waals surface area contributed by atoms with Crippen LogP contribution in [0.25, 0.3) is 0 Å². The first-order valence-corrected chi connectivity index (χ1v) is 14.5. The first kappa shape index (κ1) is 31.7. The molecule has 0 aromatic heterocycles. The van der Waals surface area contributed by atoms with E-state index in [0.717, 1.165) is 45.1 Å². The number of nitrogens with zero attached hydrogens (tertiary/aromatic N) is 3. The molecule has 232 valence electrons. The van der Waals surface area contributed by atoms with Gasteiger partial charge in [0, 0.05) is 74.7 Å². The fourth-order valence-electron chi connectivity index (χ4n) is 6.17. The number of methoxy groups -OCH3 is 3. The van der Waals surface area contributed by atoms with Gasteiger partial charge in [-0.05, 0) is 57.4 Å². The second kappa shape index (κ2) is 13.9. The van der Waals surface area contributed by atoms with E-state index in [-0.39, 0.29) is 5.91 Å². The summed E-state index contributed by atoms with van der Waals surface area (Å²) >= 11 is 0. The summed E-state index contributed by atoms with van der Waals surface area (Å²) in [6, 6.07) is 9.75. The molecule has 2 heterocycles. The van der Waals surface area contributed by atoms with Crippen molar-refractivity contribution in [1.29, 1.82) is 0 Å². The highest BCUT2D eigenvalue weighted by atomic mass is 19.4. The van der Waals surface area contributed by atoms with Gasteiger partial charge in [-0.3, -0.25) is 9.69 Å². The number of anilines is 2. The van der Waals surface area contributed by atoms with Gasteiger partial charge >= 0.3 is 6.18 Å². The second-order valence-electron chi connectivity index (χ2n) is 11.3. The first-order valence-electron chi connectivity index (χ1n) is 14.5. The van der Waals surface area contributed by atoms with Crippen molar-refractivity contribution in [2.24, 2.45) is 5.92 Å². The summed E-state index contributed by atoms with van der Waals surface area (Å²) in [6.45, 7) is 9.18. The van der Waals surface area contributed by atoms with Gasteiger partial charge in [0.15, 0.2) is 11.5 Å². The Morgan fingerprint density at radius 3 is 2.21 bits per heavy atom. The molecule has 42 heavy (non-hydrogen) atoms. The zero-order valence-corrected chi connectivity index (χ0v) is 25.2. The van der Waals surface area contributed by atoms with Gasteiger partial charge in [0.2, 0.25) is 11.7 Å². The minimum Gasteiger partial charge on any atom is -0.493 e. The molecule has 0 unspecified atom stereocenters. The third-order valence-electron chi connectivity index (χ3n) is 8.47. The number of carbonyl (C=O) groups excluding carboxylic acids is 1. The number of alkyl halides is 3. The number of amides is 1. The maximum atomic E-state index is 13.2. The summed E-state index contributed by atoms with van der Waals surface area (Å²) in [5.74, 6) is 1.61. The number of nitrogens with one attached hydrogen (secondary N) is 1. The molecule has 0 aliphatic carbocycles. The van der Waals surface area contributed by atoms with Crippen LogP contribution in [0.4, 0.5) is 24.5 Å². The third-order valence-corrected chi connectivity index (χ3v) is 8.47. The van der Waals surface area contributed by atoms with E-state index < -0.39 is 11.7 Å². The normalized spacial score (nSPS) is 20.5. The number of carbonyl (C=O) groups is 1. The molecule has 11 heteroatoms. The molecule has 2 aromatic carbocycles. The lowest BCUT2D eigenvalue weighted by atomic mass is 9.86. The highest BCUT2D eigenvalue weighted by Gasteiger charge is 2.36. The van der Waals surface area contributed by atoms with Crippen LogP contribution in [0.15, 0.2) is 36.4 Å². The molecular formula is C31H43F3N4O4. The van der Waals surface area contributed by atoms with Gasteiger partial charge in [-0.1, -0.05) is 6.07 Å². The van der Waals surface area contributed by atoms with E-state index in [1.54, 1.807) is 18.2 Å². The molecule has 4 rings (SSSR count). The molecule has 0 spiro atoms. The SMILES string of the molecule is COc1cc(NC(=O)CC[C@@H]2CN(C(C)C)CC[C@@H]2N2CCN(c3cccc(C(F)(F)F)c3)CC2)cc(OC)c1OC. The van der Waals surface area contributed by atoms with E-state index in [1.807, 2.05) is 4.90 Å². The second-order valence-corrected chi connectivity index (χ2v) is 11.3. The molecule has 1 amide bonds. The van der Waals surface area contributed by atoms with Gasteiger partial charge in [-0.2, -0.15) is 13.2 Å². The Hall–Kier alpha value is -3.18. The highest BCUT2D eigenvalue weighted by Crippen LogP contribution is 2.40. The summed E-state index contributed by atoms with van der Waals surface area (Å²) in [7, 11) is 4.60. The fraction of sp³-hybridized carbons (Fsp3) is 0.581. The first-order chi connectivity index (χ1) is 20.0. The van der Waals surface area contributed by atoms with E-state index in [2.05, 4.69) is 29.0 Å². The number of piperidine rings is 1. The third kappa shape index (κ3) is 7.60. The minimum absolute atomic E-state index is 0.0842. The maximum Gasteiger partial charge on any atom is 0.416 e. The largest absolute Gasteiger partial charge is 0.493 e. The Morgan fingerprint density at radius 1 is 0.976 bits per heavy atom. The van der Waals surface area contributed by atoms with Crippen LogP contribution in [0.3, 0.4) is 0 Å². The highest BCUT2D eigenvalue weighted by molar-refractivity contribution is 5.91. The van der Waals surface area contributed by atoms with Crippen LogP contribution in [0.5, 0.6) is 17.2 Å². The lowest BCUT2D eigenvalue weighted by Crippen LogP contribution is -2.57. The van der Waals surface area contributed by atoms with Crippen molar-refractivity contribution in [3.05, 3.63) is 42.0 Å². The van der Waals surface area contributed by atoms with E-state index in [9.17, 15) is 18.0 Å². The monoisotopic (exact) mass is 592 g/mol. The lowest BCUT2D eigenvalue weighted by Gasteiger charge is -2.48. The van der Waals surface area contributed by atoms with Crippen LogP contribution in [0.2, 0.25) is 0 Å². The van der Waals surface area contributed by atoms with Crippen molar-refractivity contribution < 1.29 is 32.2 Å². The molecule has 2 aliphatic rings. The predicted octanol–water partition coefficient (Wildman–Crippen LogP) is 5.37. The lowest BCUT2D eigenvalue weighted by molar-refractivity contribution is -0.137. The maximum absolute atomic E-state index is 13.2. The molecule has 8 nitrogen and oxygen atoms in total. The van der Waals surface area contributed by atoms with E-state index in [4.69, 9.17) is 14.2 Å². The van der Waals surface area contributed by atoms with Crippen LogP contribution >= 0.6 is 0 Å². The number of likely N-dealkylation sites (tertiary alicyclic amines) is 1. The van der Waals surface area contributed by atoms with Gasteiger partial charge in [0.05, 0.1) is 26.9 Å². The molecule has 0 bridgehead atoms. The predicted molar refractivity (Wildman–Crippen MR) is 158 cm³/mol. The van der Waals surface area contributed by atoms with Crippen molar-refractivity contribution in [2.75, 3.05) is 70.8 Å². The Kier molecular flexibility index (Phi) is 10.5. The van der Waals surface area contributed by atoms with Crippen molar-refractivity contribution in [2.45, 2.75) is 51.4 Å². The molecule has 2 aliphatic heterocycles. The zero-order chi connectivity index (χ0) is 30.4. The van der Waals surface area contributed by atoms with Crippen molar-refractivity contribution in [1.82, 2.24) is 9.80 Å². The summed E-state index contributed by atoms with van der Waals surface area (Å²) in [6.07, 6.45) is -2.25. The van der Waals surface area contributed by atoms with Crippen LogP contribution in [0, 0.1) is 5.92 Å². The number of hydrogen-bond donors (Lipinski definition) is 1. The van der Waals surface area contributed by atoms with Crippen molar-refractivity contribution >= 4 is 17.3 Å². The standard InChI is InChI=1S/C31H43F3N4O4/c1-21(2)38-12-11-26(37-15-13-36(14-16-37)25-8-6-7-23(17-25)31(32,33)34)22(20-38)9-10-29(39)35-24-18-27(40-3)30(42-5)28(19-24)41-4/h6-8,17-19,21-22,26H,9-16,20H2,1-5H3,(H,35,39)/t22-,26+/m1/s1. The number of ether oxygens (including phenoxy) is 3. The van der Waals surface area contributed by atoms with Crippen LogP contribution in [0.1, 0.15) is 38.7 Å². The summed E-state index contributed by atoms with van der Waals surface area (Å²) in [4.78, 5) is 20.0. The van der Waals surface area contributed by atoms with Gasteiger partial charge in [0.25, 0.3) is 0 Å². The van der Waals surface area contributed by atoms with Crippen molar-refractivity contribution in [3.63, 3.8) is 0 Å². The quantitative estimate of drug-likeness (QED) is 0.398. The number of piperazine rings is 1. The van der Waals surface area contributed by atoms with Crippen LogP contribution in [-0.4, -0.2) is 88.4 Å². The number of rotatable bonds is 10. The Morgan fingerprint density at radius 2 is 1.64 bits per heavy atom. The number of halogens is 3. The van der Waals surface area contributed by atoms with Crippen LogP contribution < -0.4 is 24.4 Å². The molecule has 1 N–H and O–H groups in total. The average Bonchev–Trinajstić information content (AvgIpc) is 2.99. The average molecular weight is 593 g/mol. The zero-order valence-electron chi connectivity index (χ0n) is 25.2. The van der Waals surface area contributed by atoms with E-state index in [0.29, 0.717) is 66.1 Å². The van der Waals surface area contributed by atoms with E-state index >= 15 is 0 Å².